The van der Waals surface area contributed by atoms with E-state index in [9.17, 15) is 19.3 Å². The Labute approximate surface area is 172 Å². The van der Waals surface area contributed by atoms with Gasteiger partial charge >= 0.3 is 11.7 Å². The molecule has 1 aromatic carbocycles. The van der Waals surface area contributed by atoms with Gasteiger partial charge in [0.15, 0.2) is 0 Å². The summed E-state index contributed by atoms with van der Waals surface area (Å²) in [6.07, 6.45) is 4.57. The molecule has 1 saturated heterocycles. The van der Waals surface area contributed by atoms with Crippen LogP contribution in [0.4, 0.5) is 32.3 Å². The highest BCUT2D eigenvalue weighted by Gasteiger charge is 2.28. The second-order valence-electron chi connectivity index (χ2n) is 7.45. The van der Waals surface area contributed by atoms with Gasteiger partial charge in [0.05, 0.1) is 4.92 Å². The molecule has 1 aromatic heterocycles. The number of carbonyl (C=O) groups excluding carboxylic acids is 1. The highest BCUT2D eigenvalue weighted by Crippen LogP contribution is 2.30. The Balaban J connectivity index is 1.32. The van der Waals surface area contributed by atoms with Crippen molar-refractivity contribution in [1.82, 2.24) is 15.3 Å². The summed E-state index contributed by atoms with van der Waals surface area (Å²) in [7, 11) is 0. The largest absolute Gasteiger partial charge is 0.361 e. The van der Waals surface area contributed by atoms with Gasteiger partial charge < -0.3 is 20.9 Å². The molecule has 0 atom stereocenters. The van der Waals surface area contributed by atoms with Crippen molar-refractivity contribution < 1.29 is 14.1 Å². The Bertz CT molecular complexity index is 928. The maximum atomic E-state index is 12.9. The van der Waals surface area contributed by atoms with Crippen LogP contribution in [0, 0.1) is 15.9 Å². The van der Waals surface area contributed by atoms with Gasteiger partial charge in [0.2, 0.25) is 11.8 Å². The number of anilines is 3. The van der Waals surface area contributed by atoms with Crippen molar-refractivity contribution >= 4 is 29.2 Å². The third-order valence-electron chi connectivity index (χ3n) is 5.09. The summed E-state index contributed by atoms with van der Waals surface area (Å²) in [6, 6.07) is 5.43. The van der Waals surface area contributed by atoms with Gasteiger partial charge in [0.1, 0.15) is 12.0 Å². The van der Waals surface area contributed by atoms with Crippen LogP contribution in [0.1, 0.15) is 25.7 Å². The molecule has 0 bridgehead atoms. The number of hydrogen-bond acceptors (Lipinski definition) is 7. The van der Waals surface area contributed by atoms with Gasteiger partial charge in [-0.25, -0.2) is 14.2 Å². The van der Waals surface area contributed by atoms with Gasteiger partial charge in [-0.15, -0.1) is 0 Å². The maximum absolute atomic E-state index is 12.9. The lowest BCUT2D eigenvalue weighted by molar-refractivity contribution is -0.384. The zero-order valence-corrected chi connectivity index (χ0v) is 16.2. The zero-order valence-electron chi connectivity index (χ0n) is 16.2. The first-order chi connectivity index (χ1) is 14.5. The molecule has 10 nitrogen and oxygen atoms in total. The molecule has 2 amide bonds. The van der Waals surface area contributed by atoms with Crippen LogP contribution in [-0.4, -0.2) is 46.1 Å². The summed E-state index contributed by atoms with van der Waals surface area (Å²) in [5.74, 6) is 0.335. The lowest BCUT2D eigenvalue weighted by atomic mass is 10.1. The number of urea groups is 1. The average molecular weight is 415 g/mol. The predicted molar refractivity (Wildman–Crippen MR) is 109 cm³/mol. The highest BCUT2D eigenvalue weighted by molar-refractivity contribution is 5.89. The first kappa shape index (κ1) is 19.8. The Hall–Kier alpha value is -3.50. The van der Waals surface area contributed by atoms with Crippen molar-refractivity contribution in [2.24, 2.45) is 0 Å². The number of piperidine rings is 1. The number of hydrogen-bond donors (Lipinski definition) is 3. The van der Waals surface area contributed by atoms with Crippen molar-refractivity contribution in [3.63, 3.8) is 0 Å². The molecule has 30 heavy (non-hydrogen) atoms. The summed E-state index contributed by atoms with van der Waals surface area (Å²) >= 11 is 0. The molecule has 2 aromatic rings. The molecule has 11 heteroatoms. The van der Waals surface area contributed by atoms with E-state index < -0.39 is 4.92 Å². The molecule has 2 heterocycles. The number of amides is 2. The predicted octanol–water partition coefficient (Wildman–Crippen LogP) is 2.89. The Kier molecular flexibility index (Phi) is 5.59. The Morgan fingerprint density at radius 1 is 1.13 bits per heavy atom. The number of nitrogens with one attached hydrogen (secondary N) is 3. The van der Waals surface area contributed by atoms with E-state index in [1.807, 2.05) is 4.90 Å². The summed E-state index contributed by atoms with van der Waals surface area (Å²) in [4.78, 5) is 33.4. The number of halogens is 1. The van der Waals surface area contributed by atoms with Gasteiger partial charge in [0, 0.05) is 30.9 Å². The molecule has 1 aliphatic carbocycles. The molecule has 1 aliphatic heterocycles. The van der Waals surface area contributed by atoms with Crippen LogP contribution in [0.5, 0.6) is 0 Å². The number of carbonyl (C=O) groups is 1. The third-order valence-corrected chi connectivity index (χ3v) is 5.09. The molecule has 2 fully saturated rings. The van der Waals surface area contributed by atoms with Crippen molar-refractivity contribution in [3.05, 3.63) is 46.4 Å². The molecule has 2 aliphatic rings. The molecule has 158 valence electrons. The first-order valence-electron chi connectivity index (χ1n) is 9.84. The molecule has 0 unspecified atom stereocenters. The molecule has 4 rings (SSSR count). The molecule has 0 radical (unpaired) electrons. The van der Waals surface area contributed by atoms with Gasteiger partial charge in [-0.2, -0.15) is 4.98 Å². The van der Waals surface area contributed by atoms with Crippen LogP contribution in [0.25, 0.3) is 0 Å². The van der Waals surface area contributed by atoms with E-state index in [2.05, 4.69) is 25.9 Å². The van der Waals surface area contributed by atoms with Crippen molar-refractivity contribution in [2.45, 2.75) is 37.8 Å². The van der Waals surface area contributed by atoms with Crippen LogP contribution in [-0.2, 0) is 0 Å². The van der Waals surface area contributed by atoms with E-state index in [0.717, 1.165) is 12.8 Å². The Morgan fingerprint density at radius 2 is 1.83 bits per heavy atom. The minimum absolute atomic E-state index is 0.0243. The lowest BCUT2D eigenvalue weighted by Crippen LogP contribution is -2.46. The van der Waals surface area contributed by atoms with E-state index in [0.29, 0.717) is 37.6 Å². The summed E-state index contributed by atoms with van der Waals surface area (Å²) in [5.41, 5.74) is 0.390. The van der Waals surface area contributed by atoms with Crippen molar-refractivity contribution in [3.8, 4) is 0 Å². The molecular weight excluding hydrogens is 393 g/mol. The smallest absolute Gasteiger partial charge is 0.329 e. The molecular formula is C19H22FN7O3. The quantitative estimate of drug-likeness (QED) is 0.489. The second kappa shape index (κ2) is 8.47. The minimum Gasteiger partial charge on any atom is -0.361 e. The SMILES string of the molecule is O=C(Nc1ccc(F)cc1)NC1CCN(c2ncc([N+](=O)[O-])c(NC3CC3)n2)CC1. The number of rotatable bonds is 6. The van der Waals surface area contributed by atoms with Crippen LogP contribution in [0.15, 0.2) is 30.5 Å². The van der Waals surface area contributed by atoms with E-state index in [1.54, 1.807) is 0 Å². The molecule has 0 spiro atoms. The first-order valence-corrected chi connectivity index (χ1v) is 9.84. The fourth-order valence-corrected chi connectivity index (χ4v) is 3.29. The fraction of sp³-hybridized carbons (Fsp3) is 0.421. The zero-order chi connectivity index (χ0) is 21.1. The topological polar surface area (TPSA) is 125 Å². The van der Waals surface area contributed by atoms with Crippen LogP contribution < -0.4 is 20.9 Å². The van der Waals surface area contributed by atoms with E-state index >= 15 is 0 Å². The number of nitrogens with zero attached hydrogens (tertiary/aromatic N) is 4. The van der Waals surface area contributed by atoms with Gasteiger partial charge in [0.25, 0.3) is 0 Å². The summed E-state index contributed by atoms with van der Waals surface area (Å²) < 4.78 is 12.9. The maximum Gasteiger partial charge on any atom is 0.329 e. The van der Waals surface area contributed by atoms with Gasteiger partial charge in [-0.3, -0.25) is 10.1 Å². The van der Waals surface area contributed by atoms with Crippen molar-refractivity contribution in [2.75, 3.05) is 28.6 Å². The molecule has 1 saturated carbocycles. The minimum atomic E-state index is -0.482. The van der Waals surface area contributed by atoms with Gasteiger partial charge in [-0.05, 0) is 49.9 Å². The van der Waals surface area contributed by atoms with Crippen LogP contribution in [0.3, 0.4) is 0 Å². The fourth-order valence-electron chi connectivity index (χ4n) is 3.29. The van der Waals surface area contributed by atoms with E-state index in [1.165, 1.54) is 30.5 Å². The standard InChI is InChI=1S/C19H22FN7O3/c20-12-1-3-14(4-2-12)23-19(28)24-15-7-9-26(10-8-15)18-21-11-16(27(29)30)17(25-18)22-13-5-6-13/h1-4,11,13,15H,5-10H2,(H,21,22,25)(H2,23,24,28). The van der Waals surface area contributed by atoms with Crippen LogP contribution in [0.2, 0.25) is 0 Å². The third kappa shape index (κ3) is 4.91. The van der Waals surface area contributed by atoms with Crippen molar-refractivity contribution in [1.29, 1.82) is 0 Å². The summed E-state index contributed by atoms with van der Waals surface area (Å²) in [5, 5.41) is 19.9. The normalized spacial score (nSPS) is 16.8. The van der Waals surface area contributed by atoms with Gasteiger partial charge in [-0.1, -0.05) is 0 Å². The van der Waals surface area contributed by atoms with E-state index in [4.69, 9.17) is 0 Å². The van der Waals surface area contributed by atoms with Crippen LogP contribution >= 0.6 is 0 Å². The van der Waals surface area contributed by atoms with E-state index in [-0.39, 0.29) is 35.4 Å². The summed E-state index contributed by atoms with van der Waals surface area (Å²) in [6.45, 7) is 1.23. The Morgan fingerprint density at radius 3 is 2.47 bits per heavy atom. The molecule has 3 N–H and O–H groups in total. The highest BCUT2D eigenvalue weighted by atomic mass is 19.1. The second-order valence-corrected chi connectivity index (χ2v) is 7.45. The monoisotopic (exact) mass is 415 g/mol. The number of benzene rings is 1. The number of aromatic nitrogens is 2. The number of nitro groups is 1. The average Bonchev–Trinajstić information content (AvgIpc) is 3.54. The lowest BCUT2D eigenvalue weighted by Gasteiger charge is -2.32.